The standard InChI is InChI=1S/C66H125NO8/c1-3-5-7-9-11-13-15-17-19-20-21-22-23-24-25-26-27-28-29-30-31-32-33-34-35-36-37-38-39-40-42-44-46-48-50-52-54-56-62(70)67-59(58-74-66-65(73)64(72)63(71)61(57-68)75-66)60(69)55-53-51-49-47-45-43-41-18-16-14-12-10-8-6-4-2/h16,18,45,47,53,55,59-61,63-66,68-69,71-73H,3-15,17,19-44,46,48-52,54,56-58H2,1-2H3,(H,67,70)/b18-16+,47-45+,55-53+. The third-order valence-corrected chi connectivity index (χ3v) is 15.7. The van der Waals surface area contributed by atoms with E-state index in [4.69, 9.17) is 9.47 Å². The molecular weight excluding hydrogens is 935 g/mol. The highest BCUT2D eigenvalue weighted by molar-refractivity contribution is 5.76. The number of carbonyl (C=O) groups excluding carboxylic acids is 1. The lowest BCUT2D eigenvalue weighted by molar-refractivity contribution is -0.302. The Balaban J connectivity index is 2.06. The lowest BCUT2D eigenvalue weighted by Gasteiger charge is -2.40. The molecule has 1 rings (SSSR count). The van der Waals surface area contributed by atoms with Crippen LogP contribution in [0.1, 0.15) is 322 Å². The van der Waals surface area contributed by atoms with Crippen molar-refractivity contribution in [1.29, 1.82) is 0 Å². The highest BCUT2D eigenvalue weighted by Crippen LogP contribution is 2.23. The minimum Gasteiger partial charge on any atom is -0.394 e. The number of allylic oxidation sites excluding steroid dienone is 5. The molecule has 1 heterocycles. The number of hydrogen-bond donors (Lipinski definition) is 6. The Kier molecular flexibility index (Phi) is 53.1. The molecule has 0 aromatic rings. The molecule has 9 nitrogen and oxygen atoms in total. The number of aliphatic hydroxyl groups excluding tert-OH is 5. The molecule has 0 aromatic heterocycles. The minimum absolute atomic E-state index is 0.186. The Morgan fingerprint density at radius 3 is 1.12 bits per heavy atom. The van der Waals surface area contributed by atoms with E-state index in [0.717, 1.165) is 51.4 Å². The summed E-state index contributed by atoms with van der Waals surface area (Å²) in [5.41, 5.74) is 0. The van der Waals surface area contributed by atoms with Gasteiger partial charge in [-0.1, -0.05) is 307 Å². The van der Waals surface area contributed by atoms with Gasteiger partial charge in [0.25, 0.3) is 0 Å². The van der Waals surface area contributed by atoms with Gasteiger partial charge in [-0.05, 0) is 44.9 Å². The maximum atomic E-state index is 13.1. The van der Waals surface area contributed by atoms with E-state index >= 15 is 0 Å². The highest BCUT2D eigenvalue weighted by Gasteiger charge is 2.44. The molecule has 6 N–H and O–H groups in total. The highest BCUT2D eigenvalue weighted by atomic mass is 16.7. The van der Waals surface area contributed by atoms with Crippen LogP contribution < -0.4 is 5.32 Å². The predicted octanol–water partition coefficient (Wildman–Crippen LogP) is 17.1. The first-order valence-electron chi connectivity index (χ1n) is 32.7. The molecule has 0 aliphatic carbocycles. The lowest BCUT2D eigenvalue weighted by atomic mass is 9.99. The summed E-state index contributed by atoms with van der Waals surface area (Å²) in [6, 6.07) is -0.826. The number of hydrogen-bond acceptors (Lipinski definition) is 8. The van der Waals surface area contributed by atoms with Gasteiger partial charge in [0, 0.05) is 6.42 Å². The summed E-state index contributed by atoms with van der Waals surface area (Å²) < 4.78 is 11.3. The van der Waals surface area contributed by atoms with Crippen molar-refractivity contribution in [3.8, 4) is 0 Å². The quantitative estimate of drug-likeness (QED) is 0.0261. The Labute approximate surface area is 463 Å². The number of nitrogens with one attached hydrogen (secondary N) is 1. The third kappa shape index (κ3) is 44.9. The average Bonchev–Trinajstić information content (AvgIpc) is 3.41. The van der Waals surface area contributed by atoms with Crippen LogP contribution in [0.5, 0.6) is 0 Å². The van der Waals surface area contributed by atoms with Gasteiger partial charge in [-0.3, -0.25) is 4.79 Å². The Bertz CT molecular complexity index is 1270. The zero-order valence-electron chi connectivity index (χ0n) is 49.3. The van der Waals surface area contributed by atoms with Crippen molar-refractivity contribution in [2.24, 2.45) is 0 Å². The molecule has 0 spiro atoms. The predicted molar refractivity (Wildman–Crippen MR) is 318 cm³/mol. The molecule has 75 heavy (non-hydrogen) atoms. The maximum Gasteiger partial charge on any atom is 0.220 e. The topological polar surface area (TPSA) is 149 Å². The summed E-state index contributed by atoms with van der Waals surface area (Å²) >= 11 is 0. The first-order valence-corrected chi connectivity index (χ1v) is 32.7. The van der Waals surface area contributed by atoms with E-state index in [9.17, 15) is 30.3 Å². The van der Waals surface area contributed by atoms with Crippen molar-refractivity contribution in [2.75, 3.05) is 13.2 Å². The first kappa shape index (κ1) is 71.4. The minimum atomic E-state index is -1.57. The molecule has 0 saturated carbocycles. The summed E-state index contributed by atoms with van der Waals surface area (Å²) in [5, 5.41) is 54.5. The van der Waals surface area contributed by atoms with Gasteiger partial charge in [-0.2, -0.15) is 0 Å². The fourth-order valence-corrected chi connectivity index (χ4v) is 10.5. The summed E-state index contributed by atoms with van der Waals surface area (Å²) in [6.07, 6.45) is 67.0. The van der Waals surface area contributed by atoms with Crippen molar-refractivity contribution in [3.63, 3.8) is 0 Å². The number of rotatable bonds is 57. The molecule has 1 amide bonds. The molecule has 0 radical (unpaired) electrons. The van der Waals surface area contributed by atoms with Crippen LogP contribution in [0.4, 0.5) is 0 Å². The molecular formula is C66H125NO8. The van der Waals surface area contributed by atoms with E-state index in [1.807, 2.05) is 6.08 Å². The van der Waals surface area contributed by atoms with Gasteiger partial charge in [-0.25, -0.2) is 0 Å². The van der Waals surface area contributed by atoms with Gasteiger partial charge < -0.3 is 40.3 Å². The molecule has 442 valence electrons. The van der Waals surface area contributed by atoms with E-state index in [2.05, 4.69) is 43.5 Å². The third-order valence-electron chi connectivity index (χ3n) is 15.7. The second kappa shape index (κ2) is 55.7. The SMILES string of the molecule is CCCCCCC/C=C/CC/C=C/CC/C=C/C(O)C(COC1OC(CO)C(O)C(O)C1O)NC(=O)CCCCCCCCCCCCCCCCCCCCCCCCCCCCCCCCCCCCCCC. The van der Waals surface area contributed by atoms with E-state index in [1.165, 1.54) is 250 Å². The van der Waals surface area contributed by atoms with Crippen molar-refractivity contribution < 1.29 is 39.8 Å². The fraction of sp³-hybridized carbons (Fsp3) is 0.894. The number of amides is 1. The summed E-state index contributed by atoms with van der Waals surface area (Å²) in [5.74, 6) is -0.186. The first-order chi connectivity index (χ1) is 36.8. The monoisotopic (exact) mass is 1060 g/mol. The smallest absolute Gasteiger partial charge is 0.220 e. The molecule has 0 bridgehead atoms. The Hall–Kier alpha value is -1.59. The van der Waals surface area contributed by atoms with Crippen molar-refractivity contribution >= 4 is 5.91 Å². The molecule has 9 heteroatoms. The van der Waals surface area contributed by atoms with Gasteiger partial charge in [0.15, 0.2) is 6.29 Å². The van der Waals surface area contributed by atoms with Gasteiger partial charge in [0.2, 0.25) is 5.91 Å². The summed E-state index contributed by atoms with van der Waals surface area (Å²) in [6.45, 7) is 3.77. The Morgan fingerprint density at radius 1 is 0.440 bits per heavy atom. The van der Waals surface area contributed by atoms with Crippen molar-refractivity contribution in [1.82, 2.24) is 5.32 Å². The summed E-state index contributed by atoms with van der Waals surface area (Å²) in [4.78, 5) is 13.1. The molecule has 7 unspecified atom stereocenters. The van der Waals surface area contributed by atoms with Crippen molar-refractivity contribution in [2.45, 2.75) is 365 Å². The van der Waals surface area contributed by atoms with Crippen LogP contribution in [0.2, 0.25) is 0 Å². The zero-order chi connectivity index (χ0) is 54.3. The molecule has 1 saturated heterocycles. The molecule has 0 aromatic carbocycles. The second-order valence-electron chi connectivity index (χ2n) is 22.9. The van der Waals surface area contributed by atoms with Crippen LogP contribution in [-0.4, -0.2) is 87.5 Å². The molecule has 1 fully saturated rings. The lowest BCUT2D eigenvalue weighted by Crippen LogP contribution is -2.60. The number of carbonyl (C=O) groups is 1. The average molecular weight is 1060 g/mol. The normalized spacial score (nSPS) is 19.1. The Morgan fingerprint density at radius 2 is 0.760 bits per heavy atom. The summed E-state index contributed by atoms with van der Waals surface area (Å²) in [7, 11) is 0. The van der Waals surface area contributed by atoms with Gasteiger partial charge in [0.05, 0.1) is 25.4 Å². The molecule has 1 aliphatic heterocycles. The van der Waals surface area contributed by atoms with Gasteiger partial charge >= 0.3 is 0 Å². The van der Waals surface area contributed by atoms with Gasteiger partial charge in [-0.15, -0.1) is 0 Å². The van der Waals surface area contributed by atoms with Crippen LogP contribution >= 0.6 is 0 Å². The maximum absolute atomic E-state index is 13.1. The largest absolute Gasteiger partial charge is 0.394 e. The van der Waals surface area contributed by atoms with Crippen LogP contribution in [0.3, 0.4) is 0 Å². The van der Waals surface area contributed by atoms with E-state index in [-0.39, 0.29) is 12.5 Å². The number of ether oxygens (including phenoxy) is 2. The number of unbranched alkanes of at least 4 members (excludes halogenated alkanes) is 43. The molecule has 1 aliphatic rings. The van der Waals surface area contributed by atoms with Crippen LogP contribution in [-0.2, 0) is 14.3 Å². The van der Waals surface area contributed by atoms with Crippen LogP contribution in [0.15, 0.2) is 36.5 Å². The van der Waals surface area contributed by atoms with Crippen LogP contribution in [0, 0.1) is 0 Å². The number of aliphatic hydroxyl groups is 5. The van der Waals surface area contributed by atoms with E-state index < -0.39 is 49.5 Å². The van der Waals surface area contributed by atoms with E-state index in [0.29, 0.717) is 6.42 Å². The fourth-order valence-electron chi connectivity index (χ4n) is 10.5. The van der Waals surface area contributed by atoms with Crippen molar-refractivity contribution in [3.05, 3.63) is 36.5 Å². The zero-order valence-corrected chi connectivity index (χ0v) is 49.3. The second-order valence-corrected chi connectivity index (χ2v) is 22.9. The molecule has 7 atom stereocenters. The van der Waals surface area contributed by atoms with E-state index in [1.54, 1.807) is 6.08 Å². The van der Waals surface area contributed by atoms with Crippen LogP contribution in [0.25, 0.3) is 0 Å². The van der Waals surface area contributed by atoms with Gasteiger partial charge in [0.1, 0.15) is 24.4 Å².